The number of nitrogens with one attached hydrogen (secondary N) is 1. The molecule has 0 fully saturated rings. The largest absolute Gasteiger partial charge is 0.488 e. The molecule has 1 N–H and O–H groups in total. The summed E-state index contributed by atoms with van der Waals surface area (Å²) in [6, 6.07) is 30.3. The molecule has 0 radical (unpaired) electrons. The second-order valence-electron chi connectivity index (χ2n) is 10.4. The molecule has 3 atom stereocenters. The molecule has 0 spiro atoms. The summed E-state index contributed by atoms with van der Waals surface area (Å²) in [6.07, 6.45) is 7.73. The normalized spacial score (nSPS) is 19.7. The highest BCUT2D eigenvalue weighted by atomic mass is 79.9. The molecule has 1 heterocycles. The first-order valence-electron chi connectivity index (χ1n) is 13.2. The number of rotatable bonds is 6. The second-order valence-corrected chi connectivity index (χ2v) is 11.2. The molecule has 1 aliphatic heterocycles. The van der Waals surface area contributed by atoms with E-state index in [4.69, 9.17) is 9.73 Å². The molecule has 0 saturated carbocycles. The summed E-state index contributed by atoms with van der Waals surface area (Å²) in [5, 5.41) is 3.80. The number of ether oxygens (including phenoxy) is 1. The third-order valence-electron chi connectivity index (χ3n) is 7.52. The molecule has 0 saturated heterocycles. The van der Waals surface area contributed by atoms with Gasteiger partial charge in [-0.3, -0.25) is 4.99 Å². The van der Waals surface area contributed by atoms with Gasteiger partial charge in [-0.15, -0.1) is 0 Å². The average molecular weight is 564 g/mol. The van der Waals surface area contributed by atoms with E-state index in [0.717, 1.165) is 27.9 Å². The van der Waals surface area contributed by atoms with Gasteiger partial charge in [0.2, 0.25) is 0 Å². The standard InChI is InChI=1S/C34H31BrN2O/c1-22-16-23(2)18-25(17-22)21-38-33-15-10-24(19-31(33)35)20-36-27-13-11-26(12-14-27)34-30-8-5-7-28(30)29-6-3-4-9-32(29)37-34/h3-7,9-20,28,30,34,37H,8,21H2,1-2H3/t28-,30-,34-/m0/s1. The van der Waals surface area contributed by atoms with Crippen LogP contribution in [0.4, 0.5) is 11.4 Å². The SMILES string of the molecule is Cc1cc(C)cc(COc2ccc(C=Nc3ccc([C@@H]4Nc5ccccc5[C@@H]5C=CC[C@@H]54)cc3)cc2Br)c1. The molecule has 4 aromatic rings. The predicted octanol–water partition coefficient (Wildman–Crippen LogP) is 9.22. The van der Waals surface area contributed by atoms with Gasteiger partial charge in [-0.1, -0.05) is 71.8 Å². The first kappa shape index (κ1) is 24.7. The number of para-hydroxylation sites is 1. The van der Waals surface area contributed by atoms with E-state index >= 15 is 0 Å². The summed E-state index contributed by atoms with van der Waals surface area (Å²) in [4.78, 5) is 4.73. The number of benzene rings is 4. The zero-order valence-electron chi connectivity index (χ0n) is 21.7. The topological polar surface area (TPSA) is 33.6 Å². The second kappa shape index (κ2) is 10.6. The van der Waals surface area contributed by atoms with Crippen LogP contribution in [0.15, 0.2) is 107 Å². The van der Waals surface area contributed by atoms with Crippen LogP contribution in [0.5, 0.6) is 5.75 Å². The van der Waals surface area contributed by atoms with Crippen LogP contribution in [-0.4, -0.2) is 6.21 Å². The van der Waals surface area contributed by atoms with Crippen molar-refractivity contribution in [2.24, 2.45) is 10.9 Å². The lowest BCUT2D eigenvalue weighted by Crippen LogP contribution is -2.28. The van der Waals surface area contributed by atoms with Gasteiger partial charge in [0, 0.05) is 17.8 Å². The molecule has 38 heavy (non-hydrogen) atoms. The Morgan fingerprint density at radius 3 is 2.53 bits per heavy atom. The molecule has 1 aliphatic carbocycles. The minimum Gasteiger partial charge on any atom is -0.488 e. The maximum Gasteiger partial charge on any atom is 0.134 e. The summed E-state index contributed by atoms with van der Waals surface area (Å²) in [5.41, 5.74) is 9.61. The van der Waals surface area contributed by atoms with Crippen molar-refractivity contribution in [1.82, 2.24) is 0 Å². The van der Waals surface area contributed by atoms with Crippen molar-refractivity contribution < 1.29 is 4.74 Å². The van der Waals surface area contributed by atoms with Crippen molar-refractivity contribution in [1.29, 1.82) is 0 Å². The molecule has 4 heteroatoms. The van der Waals surface area contributed by atoms with Crippen LogP contribution in [0.1, 0.15) is 51.8 Å². The highest BCUT2D eigenvalue weighted by molar-refractivity contribution is 9.10. The van der Waals surface area contributed by atoms with Crippen molar-refractivity contribution in [2.45, 2.75) is 38.8 Å². The number of halogens is 1. The molecule has 0 amide bonds. The van der Waals surface area contributed by atoms with Crippen LogP contribution in [0.2, 0.25) is 0 Å². The molecular weight excluding hydrogens is 532 g/mol. The quantitative estimate of drug-likeness (QED) is 0.187. The molecule has 4 aromatic carbocycles. The summed E-state index contributed by atoms with van der Waals surface area (Å²) >= 11 is 3.66. The van der Waals surface area contributed by atoms with Crippen LogP contribution in [0.25, 0.3) is 0 Å². The number of aliphatic imine (C=N–C) groups is 1. The first-order chi connectivity index (χ1) is 18.5. The lowest BCUT2D eigenvalue weighted by molar-refractivity contribution is 0.304. The smallest absolute Gasteiger partial charge is 0.134 e. The Morgan fingerprint density at radius 2 is 1.74 bits per heavy atom. The van der Waals surface area contributed by atoms with Gasteiger partial charge in [0.05, 0.1) is 16.2 Å². The summed E-state index contributed by atoms with van der Waals surface area (Å²) < 4.78 is 6.99. The Morgan fingerprint density at radius 1 is 0.947 bits per heavy atom. The molecule has 6 rings (SSSR count). The number of hydrogen-bond donors (Lipinski definition) is 1. The summed E-state index contributed by atoms with van der Waals surface area (Å²) in [5.74, 6) is 1.86. The molecule has 0 bridgehead atoms. The highest BCUT2D eigenvalue weighted by Gasteiger charge is 2.37. The van der Waals surface area contributed by atoms with Gasteiger partial charge in [0.1, 0.15) is 12.4 Å². The molecule has 0 unspecified atom stereocenters. The number of nitrogens with zero attached hydrogens (tertiary/aromatic N) is 1. The summed E-state index contributed by atoms with van der Waals surface area (Å²) in [6.45, 7) is 4.77. The Balaban J connectivity index is 1.12. The maximum absolute atomic E-state index is 6.07. The van der Waals surface area contributed by atoms with Crippen molar-refractivity contribution >= 4 is 33.5 Å². The van der Waals surface area contributed by atoms with Crippen LogP contribution in [0.3, 0.4) is 0 Å². The molecule has 190 valence electrons. The van der Waals surface area contributed by atoms with E-state index in [-0.39, 0.29) is 0 Å². The number of hydrogen-bond acceptors (Lipinski definition) is 3. The highest BCUT2D eigenvalue weighted by Crippen LogP contribution is 2.49. The van der Waals surface area contributed by atoms with Crippen LogP contribution in [0, 0.1) is 19.8 Å². The van der Waals surface area contributed by atoms with E-state index in [0.29, 0.717) is 24.5 Å². The number of allylic oxidation sites excluding steroid dienone is 2. The van der Waals surface area contributed by atoms with Gasteiger partial charge < -0.3 is 10.1 Å². The molecule has 2 aliphatic rings. The van der Waals surface area contributed by atoms with E-state index in [2.05, 4.69) is 114 Å². The van der Waals surface area contributed by atoms with Crippen molar-refractivity contribution in [3.05, 3.63) is 135 Å². The lowest BCUT2D eigenvalue weighted by atomic mass is 9.77. The molecular formula is C34H31BrN2O. The van der Waals surface area contributed by atoms with Crippen LogP contribution < -0.4 is 10.1 Å². The van der Waals surface area contributed by atoms with E-state index in [1.54, 1.807) is 0 Å². The fourth-order valence-corrected chi connectivity index (χ4v) is 6.33. The van der Waals surface area contributed by atoms with Crippen molar-refractivity contribution in [3.63, 3.8) is 0 Å². The number of aryl methyl sites for hydroxylation is 2. The van der Waals surface area contributed by atoms with Gasteiger partial charge in [-0.2, -0.15) is 0 Å². The molecule has 3 nitrogen and oxygen atoms in total. The van der Waals surface area contributed by atoms with E-state index < -0.39 is 0 Å². The Hall–Kier alpha value is -3.63. The van der Waals surface area contributed by atoms with Gasteiger partial charge in [-0.25, -0.2) is 0 Å². The minimum atomic E-state index is 0.301. The maximum atomic E-state index is 6.07. The number of anilines is 1. The van der Waals surface area contributed by atoms with E-state index in [1.807, 2.05) is 24.4 Å². The fraction of sp³-hybridized carbons (Fsp3) is 0.206. The van der Waals surface area contributed by atoms with Gasteiger partial charge in [0.15, 0.2) is 0 Å². The van der Waals surface area contributed by atoms with Crippen LogP contribution >= 0.6 is 15.9 Å². The van der Waals surface area contributed by atoms with E-state index in [1.165, 1.54) is 33.5 Å². The third-order valence-corrected chi connectivity index (χ3v) is 8.14. The average Bonchev–Trinajstić information content (AvgIpc) is 3.41. The van der Waals surface area contributed by atoms with Gasteiger partial charge in [0.25, 0.3) is 0 Å². The first-order valence-corrected chi connectivity index (χ1v) is 14.0. The molecule has 0 aromatic heterocycles. The lowest BCUT2D eigenvalue weighted by Gasteiger charge is -2.37. The van der Waals surface area contributed by atoms with Crippen molar-refractivity contribution in [2.75, 3.05) is 5.32 Å². The summed E-state index contributed by atoms with van der Waals surface area (Å²) in [7, 11) is 0. The van der Waals surface area contributed by atoms with E-state index in [9.17, 15) is 0 Å². The monoisotopic (exact) mass is 562 g/mol. The van der Waals surface area contributed by atoms with Crippen LogP contribution in [-0.2, 0) is 6.61 Å². The van der Waals surface area contributed by atoms with Gasteiger partial charge in [-0.05, 0) is 101 Å². The van der Waals surface area contributed by atoms with Crippen molar-refractivity contribution in [3.8, 4) is 5.75 Å². The Kier molecular flexibility index (Phi) is 6.90. The Bertz CT molecular complexity index is 1500. The minimum absolute atomic E-state index is 0.301. The third kappa shape index (κ3) is 5.19. The predicted molar refractivity (Wildman–Crippen MR) is 161 cm³/mol. The zero-order chi connectivity index (χ0) is 26.1. The fourth-order valence-electron chi connectivity index (χ4n) is 5.82. The number of fused-ring (bicyclic) bond motifs is 3. The zero-order valence-corrected chi connectivity index (χ0v) is 23.3. The Labute approximate surface area is 233 Å². The van der Waals surface area contributed by atoms with Gasteiger partial charge >= 0.3 is 0 Å².